The van der Waals surface area contributed by atoms with E-state index in [4.69, 9.17) is 0 Å². The van der Waals surface area contributed by atoms with Crippen LogP contribution in [0.1, 0.15) is 5.56 Å². The molecule has 0 amide bonds. The fraction of sp³-hybridized carbons (Fsp3) is 0.263. The van der Waals surface area contributed by atoms with Crippen molar-refractivity contribution in [2.45, 2.75) is 13.5 Å². The smallest absolute Gasteiger partial charge is 0.266 e. The zero-order valence-electron chi connectivity index (χ0n) is 15.2. The number of hydrogen-bond donors (Lipinski definition) is 1. The molecule has 0 saturated carbocycles. The lowest BCUT2D eigenvalue weighted by Gasteiger charge is -2.12. The zero-order valence-corrected chi connectivity index (χ0v) is 15.2. The minimum atomic E-state index is -0.126. The molecule has 0 atom stereocenters. The maximum absolute atomic E-state index is 12.1. The van der Waals surface area contributed by atoms with Gasteiger partial charge in [-0.3, -0.25) is 4.79 Å². The highest BCUT2D eigenvalue weighted by molar-refractivity contribution is 5.58. The van der Waals surface area contributed by atoms with Crippen molar-refractivity contribution in [1.82, 2.24) is 19.7 Å². The first kappa shape index (κ1) is 17.6. The summed E-state index contributed by atoms with van der Waals surface area (Å²) in [4.78, 5) is 22.4. The van der Waals surface area contributed by atoms with Crippen molar-refractivity contribution in [3.8, 4) is 11.3 Å². The molecule has 3 aromatic rings. The molecule has 1 aromatic carbocycles. The number of benzene rings is 1. The lowest BCUT2D eigenvalue weighted by molar-refractivity contribution is 0.600. The van der Waals surface area contributed by atoms with Crippen LogP contribution in [-0.4, -0.2) is 40.4 Å². The standard InChI is InChI=1S/C19H22N6O/c1-14-4-6-15(7-5-14)16-8-9-19(26)25(23-16)11-10-20-17-12-18(24(2)3)22-13-21-17/h4-9,12-13H,10-11H2,1-3H3,(H,20,21,22). The van der Waals surface area contributed by atoms with Crippen LogP contribution in [0.2, 0.25) is 0 Å². The Labute approximate surface area is 152 Å². The van der Waals surface area contributed by atoms with Crippen molar-refractivity contribution in [2.75, 3.05) is 30.9 Å². The average molecular weight is 350 g/mol. The van der Waals surface area contributed by atoms with E-state index in [1.165, 1.54) is 16.6 Å². The van der Waals surface area contributed by atoms with Crippen molar-refractivity contribution < 1.29 is 0 Å². The van der Waals surface area contributed by atoms with E-state index >= 15 is 0 Å². The van der Waals surface area contributed by atoms with E-state index in [9.17, 15) is 4.79 Å². The van der Waals surface area contributed by atoms with Crippen LogP contribution in [0.4, 0.5) is 11.6 Å². The van der Waals surface area contributed by atoms with Crippen molar-refractivity contribution in [2.24, 2.45) is 0 Å². The quantitative estimate of drug-likeness (QED) is 0.734. The van der Waals surface area contributed by atoms with Crippen molar-refractivity contribution in [3.05, 3.63) is 64.7 Å². The van der Waals surface area contributed by atoms with Crippen LogP contribution in [-0.2, 0) is 6.54 Å². The fourth-order valence-electron chi connectivity index (χ4n) is 2.47. The van der Waals surface area contributed by atoms with Gasteiger partial charge in [0.05, 0.1) is 12.2 Å². The summed E-state index contributed by atoms with van der Waals surface area (Å²) in [7, 11) is 3.85. The lowest BCUT2D eigenvalue weighted by Crippen LogP contribution is -2.26. The topological polar surface area (TPSA) is 75.9 Å². The molecular weight excluding hydrogens is 328 g/mol. The molecule has 134 valence electrons. The summed E-state index contributed by atoms with van der Waals surface area (Å²) in [5, 5.41) is 7.68. The first-order valence-electron chi connectivity index (χ1n) is 8.41. The van der Waals surface area contributed by atoms with Crippen LogP contribution in [0.15, 0.2) is 53.6 Å². The SMILES string of the molecule is Cc1ccc(-c2ccc(=O)n(CCNc3cc(N(C)C)ncn3)n2)cc1. The molecule has 0 aliphatic heterocycles. The molecule has 0 radical (unpaired) electrons. The maximum atomic E-state index is 12.1. The number of rotatable bonds is 6. The monoisotopic (exact) mass is 350 g/mol. The molecule has 0 aliphatic rings. The summed E-state index contributed by atoms with van der Waals surface area (Å²) in [5.41, 5.74) is 2.83. The third-order valence-corrected chi connectivity index (χ3v) is 3.95. The van der Waals surface area contributed by atoms with Crippen LogP contribution < -0.4 is 15.8 Å². The summed E-state index contributed by atoms with van der Waals surface area (Å²) < 4.78 is 1.47. The van der Waals surface area contributed by atoms with Gasteiger partial charge in [0, 0.05) is 38.3 Å². The second kappa shape index (κ2) is 7.77. The van der Waals surface area contributed by atoms with Crippen LogP contribution in [0.5, 0.6) is 0 Å². The highest BCUT2D eigenvalue weighted by Gasteiger charge is 2.04. The Morgan fingerprint density at radius 1 is 1.08 bits per heavy atom. The Kier molecular flexibility index (Phi) is 5.26. The van der Waals surface area contributed by atoms with Gasteiger partial charge in [0.1, 0.15) is 18.0 Å². The van der Waals surface area contributed by atoms with E-state index in [0.29, 0.717) is 18.9 Å². The van der Waals surface area contributed by atoms with Gasteiger partial charge >= 0.3 is 0 Å². The minimum absolute atomic E-state index is 0.126. The lowest BCUT2D eigenvalue weighted by atomic mass is 10.1. The van der Waals surface area contributed by atoms with E-state index in [-0.39, 0.29) is 5.56 Å². The predicted octanol–water partition coefficient (Wildman–Crippen LogP) is 2.19. The van der Waals surface area contributed by atoms with Gasteiger partial charge < -0.3 is 10.2 Å². The Bertz CT molecular complexity index is 933. The molecule has 3 rings (SSSR count). The van der Waals surface area contributed by atoms with Crippen LogP contribution >= 0.6 is 0 Å². The molecule has 2 aromatic heterocycles. The van der Waals surface area contributed by atoms with Gasteiger partial charge in [-0.05, 0) is 13.0 Å². The van der Waals surface area contributed by atoms with E-state index < -0.39 is 0 Å². The van der Waals surface area contributed by atoms with Crippen LogP contribution in [0.3, 0.4) is 0 Å². The van der Waals surface area contributed by atoms with E-state index in [0.717, 1.165) is 17.1 Å². The summed E-state index contributed by atoms with van der Waals surface area (Å²) in [5.74, 6) is 1.53. The summed E-state index contributed by atoms with van der Waals surface area (Å²) in [6.45, 7) is 3.02. The number of aromatic nitrogens is 4. The van der Waals surface area contributed by atoms with Crippen molar-refractivity contribution in [3.63, 3.8) is 0 Å². The average Bonchev–Trinajstić information content (AvgIpc) is 2.64. The Morgan fingerprint density at radius 3 is 2.58 bits per heavy atom. The molecule has 0 saturated heterocycles. The van der Waals surface area contributed by atoms with Gasteiger partial charge in [0.15, 0.2) is 0 Å². The highest BCUT2D eigenvalue weighted by atomic mass is 16.1. The third kappa shape index (κ3) is 4.24. The number of anilines is 2. The van der Waals surface area contributed by atoms with Crippen LogP contribution in [0.25, 0.3) is 11.3 Å². The van der Waals surface area contributed by atoms with Gasteiger partial charge in [0.2, 0.25) is 0 Å². The summed E-state index contributed by atoms with van der Waals surface area (Å²) in [6.07, 6.45) is 1.51. The van der Waals surface area contributed by atoms with Gasteiger partial charge in [-0.25, -0.2) is 14.6 Å². The maximum Gasteiger partial charge on any atom is 0.266 e. The molecule has 0 fully saturated rings. The van der Waals surface area contributed by atoms with Gasteiger partial charge in [-0.1, -0.05) is 29.8 Å². The van der Waals surface area contributed by atoms with Crippen LogP contribution in [0, 0.1) is 6.92 Å². The molecule has 26 heavy (non-hydrogen) atoms. The van der Waals surface area contributed by atoms with Crippen molar-refractivity contribution >= 4 is 11.6 Å². The van der Waals surface area contributed by atoms with E-state index in [2.05, 4.69) is 20.4 Å². The highest BCUT2D eigenvalue weighted by Crippen LogP contribution is 2.16. The Hall–Kier alpha value is -3.22. The van der Waals surface area contributed by atoms with Crippen molar-refractivity contribution in [1.29, 1.82) is 0 Å². The Morgan fingerprint density at radius 2 is 1.85 bits per heavy atom. The van der Waals surface area contributed by atoms with E-state index in [1.807, 2.05) is 56.3 Å². The summed E-state index contributed by atoms with van der Waals surface area (Å²) >= 11 is 0. The number of nitrogens with zero attached hydrogens (tertiary/aromatic N) is 5. The predicted molar refractivity (Wildman–Crippen MR) is 104 cm³/mol. The van der Waals surface area contributed by atoms with Gasteiger partial charge in [-0.2, -0.15) is 5.10 Å². The molecular formula is C19H22N6O. The zero-order chi connectivity index (χ0) is 18.5. The number of aryl methyl sites for hydroxylation is 1. The normalized spacial score (nSPS) is 10.6. The second-order valence-corrected chi connectivity index (χ2v) is 6.23. The molecule has 1 N–H and O–H groups in total. The fourth-order valence-corrected chi connectivity index (χ4v) is 2.47. The largest absolute Gasteiger partial charge is 0.368 e. The molecule has 0 bridgehead atoms. The summed E-state index contributed by atoms with van der Waals surface area (Å²) in [6, 6.07) is 13.3. The van der Waals surface area contributed by atoms with E-state index in [1.54, 1.807) is 12.1 Å². The second-order valence-electron chi connectivity index (χ2n) is 6.23. The van der Waals surface area contributed by atoms with Gasteiger partial charge in [-0.15, -0.1) is 0 Å². The molecule has 0 aliphatic carbocycles. The Balaban J connectivity index is 1.70. The third-order valence-electron chi connectivity index (χ3n) is 3.95. The van der Waals surface area contributed by atoms with Gasteiger partial charge in [0.25, 0.3) is 5.56 Å². The number of nitrogens with one attached hydrogen (secondary N) is 1. The molecule has 0 spiro atoms. The minimum Gasteiger partial charge on any atom is -0.368 e. The molecule has 7 heteroatoms. The first-order valence-corrected chi connectivity index (χ1v) is 8.41. The molecule has 2 heterocycles. The first-order chi connectivity index (χ1) is 12.5. The molecule has 0 unspecified atom stereocenters. The molecule has 7 nitrogen and oxygen atoms in total. The number of hydrogen-bond acceptors (Lipinski definition) is 6.